The molecule has 0 unspecified atom stereocenters. The first-order valence-electron chi connectivity index (χ1n) is 9.83. The maximum absolute atomic E-state index is 13.1. The molecule has 4 heterocycles. The van der Waals surface area contributed by atoms with Crippen LogP contribution in [-0.4, -0.2) is 44.2 Å². The van der Waals surface area contributed by atoms with E-state index in [2.05, 4.69) is 9.97 Å². The lowest BCUT2D eigenvalue weighted by Crippen LogP contribution is -2.36. The molecular weight excluding hydrogens is 378 g/mol. The van der Waals surface area contributed by atoms with Gasteiger partial charge in [-0.1, -0.05) is 6.07 Å². The number of nitrogens with zero attached hydrogens (tertiary/aromatic N) is 5. The third kappa shape index (κ3) is 3.08. The number of carbonyl (C=O) groups excluding carboxylic acids is 1. The number of carbonyl (C=O) groups is 1. The maximum Gasteiger partial charge on any atom is 0.254 e. The molecule has 4 aromatic rings. The first-order chi connectivity index (χ1) is 14.6. The highest BCUT2D eigenvalue weighted by Crippen LogP contribution is 2.31. The zero-order valence-corrected chi connectivity index (χ0v) is 16.9. The van der Waals surface area contributed by atoms with Gasteiger partial charge in [-0.2, -0.15) is 5.10 Å². The second-order valence-corrected chi connectivity index (χ2v) is 7.37. The molecule has 0 aliphatic carbocycles. The van der Waals surface area contributed by atoms with Crippen molar-refractivity contribution < 1.29 is 9.53 Å². The summed E-state index contributed by atoms with van der Waals surface area (Å²) in [5.41, 5.74) is 5.71. The van der Waals surface area contributed by atoms with Crippen molar-refractivity contribution >= 4 is 16.8 Å². The fourth-order valence-electron chi connectivity index (χ4n) is 4.09. The van der Waals surface area contributed by atoms with E-state index >= 15 is 0 Å². The summed E-state index contributed by atoms with van der Waals surface area (Å²) in [6, 6.07) is 13.3. The average molecular weight is 399 g/mol. The molecule has 1 aliphatic heterocycles. The summed E-state index contributed by atoms with van der Waals surface area (Å²) in [6.45, 7) is 1.15. The number of benzene rings is 1. The Morgan fingerprint density at radius 1 is 1.13 bits per heavy atom. The van der Waals surface area contributed by atoms with E-state index in [9.17, 15) is 4.79 Å². The van der Waals surface area contributed by atoms with Gasteiger partial charge in [-0.05, 0) is 36.8 Å². The van der Waals surface area contributed by atoms with Crippen molar-refractivity contribution in [1.82, 2.24) is 24.6 Å². The number of hydrogen-bond acceptors (Lipinski definition) is 5. The molecule has 3 aromatic heterocycles. The van der Waals surface area contributed by atoms with E-state index < -0.39 is 0 Å². The minimum absolute atomic E-state index is 0.0183. The van der Waals surface area contributed by atoms with Crippen molar-refractivity contribution in [2.75, 3.05) is 13.7 Å². The molecule has 0 fully saturated rings. The van der Waals surface area contributed by atoms with Gasteiger partial charge in [-0.3, -0.25) is 14.5 Å². The van der Waals surface area contributed by atoms with E-state index in [1.807, 2.05) is 59.1 Å². The SMILES string of the molecule is COc1ccc(-c2c3c(nn2C)CN(C(=O)c2ccc4ncccc4c2)CC3)cn1. The standard InChI is InChI=1S/C23H21N5O2/c1-27-22(17-6-8-21(30-2)25-13-17)18-9-11-28(14-20(18)26-27)23(29)16-5-7-19-15(12-16)4-3-10-24-19/h3-8,10,12-13H,9,11,14H2,1-2H3. The third-order valence-corrected chi connectivity index (χ3v) is 5.56. The van der Waals surface area contributed by atoms with Crippen molar-refractivity contribution in [3.63, 3.8) is 0 Å². The summed E-state index contributed by atoms with van der Waals surface area (Å²) in [4.78, 5) is 23.6. The van der Waals surface area contributed by atoms with Crippen LogP contribution in [0.15, 0.2) is 54.9 Å². The lowest BCUT2D eigenvalue weighted by Gasteiger charge is -2.26. The summed E-state index contributed by atoms with van der Waals surface area (Å²) in [5.74, 6) is 0.599. The van der Waals surface area contributed by atoms with Crippen molar-refractivity contribution in [1.29, 1.82) is 0 Å². The number of fused-ring (bicyclic) bond motifs is 2. The van der Waals surface area contributed by atoms with Crippen molar-refractivity contribution in [3.05, 3.63) is 71.7 Å². The molecule has 7 nitrogen and oxygen atoms in total. The van der Waals surface area contributed by atoms with Gasteiger partial charge < -0.3 is 9.64 Å². The van der Waals surface area contributed by atoms with E-state index in [1.165, 1.54) is 5.56 Å². The van der Waals surface area contributed by atoms with Crippen LogP contribution in [-0.2, 0) is 20.0 Å². The molecule has 0 radical (unpaired) electrons. The van der Waals surface area contributed by atoms with E-state index in [0.29, 0.717) is 24.5 Å². The van der Waals surface area contributed by atoms with Crippen molar-refractivity contribution in [3.8, 4) is 17.1 Å². The smallest absolute Gasteiger partial charge is 0.254 e. The summed E-state index contributed by atoms with van der Waals surface area (Å²) < 4.78 is 7.04. The number of methoxy groups -OCH3 is 1. The van der Waals surface area contributed by atoms with E-state index in [1.54, 1.807) is 19.5 Å². The van der Waals surface area contributed by atoms with Gasteiger partial charge in [0.05, 0.1) is 30.6 Å². The van der Waals surface area contributed by atoms with Crippen LogP contribution in [0.25, 0.3) is 22.2 Å². The molecule has 1 aliphatic rings. The molecule has 0 saturated heterocycles. The molecule has 0 bridgehead atoms. The highest BCUT2D eigenvalue weighted by molar-refractivity contribution is 5.98. The number of rotatable bonds is 3. The Hall–Kier alpha value is -3.74. The van der Waals surface area contributed by atoms with Gasteiger partial charge in [0, 0.05) is 54.1 Å². The molecule has 0 saturated carbocycles. The molecule has 1 amide bonds. The van der Waals surface area contributed by atoms with Crippen LogP contribution in [0.3, 0.4) is 0 Å². The van der Waals surface area contributed by atoms with Crippen LogP contribution < -0.4 is 4.74 Å². The molecule has 30 heavy (non-hydrogen) atoms. The van der Waals surface area contributed by atoms with E-state index in [4.69, 9.17) is 9.84 Å². The van der Waals surface area contributed by atoms with Crippen molar-refractivity contribution in [2.24, 2.45) is 7.05 Å². The van der Waals surface area contributed by atoms with E-state index in [0.717, 1.165) is 34.3 Å². The quantitative estimate of drug-likeness (QED) is 0.529. The average Bonchev–Trinajstić information content (AvgIpc) is 3.13. The molecule has 0 spiro atoms. The molecule has 1 aromatic carbocycles. The van der Waals surface area contributed by atoms with Crippen LogP contribution >= 0.6 is 0 Å². The number of amides is 1. The Bertz CT molecular complexity index is 1250. The Kier molecular flexibility index (Phi) is 4.43. The van der Waals surface area contributed by atoms with Crippen LogP contribution in [0.5, 0.6) is 5.88 Å². The van der Waals surface area contributed by atoms with Crippen molar-refractivity contribution in [2.45, 2.75) is 13.0 Å². The van der Waals surface area contributed by atoms with Gasteiger partial charge in [0.2, 0.25) is 5.88 Å². The Labute approximate surface area is 173 Å². The minimum Gasteiger partial charge on any atom is -0.481 e. The molecule has 7 heteroatoms. The highest BCUT2D eigenvalue weighted by Gasteiger charge is 2.27. The lowest BCUT2D eigenvalue weighted by atomic mass is 10.00. The molecule has 150 valence electrons. The zero-order chi connectivity index (χ0) is 20.7. The van der Waals surface area contributed by atoms with Gasteiger partial charge in [0.15, 0.2) is 0 Å². The first kappa shape index (κ1) is 18.3. The van der Waals surface area contributed by atoms with Crippen LogP contribution in [0, 0.1) is 0 Å². The largest absolute Gasteiger partial charge is 0.481 e. The molecule has 5 rings (SSSR count). The highest BCUT2D eigenvalue weighted by atomic mass is 16.5. The van der Waals surface area contributed by atoms with Gasteiger partial charge in [-0.25, -0.2) is 4.98 Å². The minimum atomic E-state index is 0.0183. The Morgan fingerprint density at radius 2 is 2.03 bits per heavy atom. The summed E-state index contributed by atoms with van der Waals surface area (Å²) >= 11 is 0. The number of pyridine rings is 2. The number of aryl methyl sites for hydroxylation is 1. The fourth-order valence-corrected chi connectivity index (χ4v) is 4.09. The predicted molar refractivity (Wildman–Crippen MR) is 113 cm³/mol. The number of ether oxygens (including phenoxy) is 1. The summed E-state index contributed by atoms with van der Waals surface area (Å²) in [7, 11) is 3.53. The molecular formula is C23H21N5O2. The maximum atomic E-state index is 13.1. The van der Waals surface area contributed by atoms with Crippen LogP contribution in [0.2, 0.25) is 0 Å². The lowest BCUT2D eigenvalue weighted by molar-refractivity contribution is 0.0732. The third-order valence-electron chi connectivity index (χ3n) is 5.56. The summed E-state index contributed by atoms with van der Waals surface area (Å²) in [5, 5.41) is 5.67. The number of hydrogen-bond donors (Lipinski definition) is 0. The normalized spacial score (nSPS) is 13.3. The van der Waals surface area contributed by atoms with Gasteiger partial charge in [-0.15, -0.1) is 0 Å². The molecule has 0 atom stereocenters. The number of aromatic nitrogens is 4. The molecule has 0 N–H and O–H groups in total. The topological polar surface area (TPSA) is 73.1 Å². The van der Waals surface area contributed by atoms with E-state index in [-0.39, 0.29) is 5.91 Å². The zero-order valence-electron chi connectivity index (χ0n) is 16.9. The Balaban J connectivity index is 1.42. The Morgan fingerprint density at radius 3 is 2.83 bits per heavy atom. The monoisotopic (exact) mass is 399 g/mol. The van der Waals surface area contributed by atoms with Gasteiger partial charge >= 0.3 is 0 Å². The summed E-state index contributed by atoms with van der Waals surface area (Å²) in [6.07, 6.45) is 4.31. The van der Waals surface area contributed by atoms with Gasteiger partial charge in [0.25, 0.3) is 5.91 Å². The predicted octanol–water partition coefficient (Wildman–Crippen LogP) is 3.24. The second-order valence-electron chi connectivity index (χ2n) is 7.37. The fraction of sp³-hybridized carbons (Fsp3) is 0.217. The van der Waals surface area contributed by atoms with Crippen LogP contribution in [0.4, 0.5) is 0 Å². The first-order valence-corrected chi connectivity index (χ1v) is 9.83. The van der Waals surface area contributed by atoms with Gasteiger partial charge in [0.1, 0.15) is 0 Å². The van der Waals surface area contributed by atoms with Crippen LogP contribution in [0.1, 0.15) is 21.6 Å². The second kappa shape index (κ2) is 7.26.